The van der Waals surface area contributed by atoms with Gasteiger partial charge in [0.25, 0.3) is 0 Å². The van der Waals surface area contributed by atoms with Gasteiger partial charge in [0.05, 0.1) is 6.10 Å². The Balaban J connectivity index is 2.01. The summed E-state index contributed by atoms with van der Waals surface area (Å²) in [6, 6.07) is 5.71. The molecular formula is C16H15F4NO. The molecule has 0 spiro atoms. The smallest absolute Gasteiger partial charge is 0.159 e. The van der Waals surface area contributed by atoms with E-state index in [1.54, 1.807) is 6.92 Å². The molecule has 2 aromatic carbocycles. The molecule has 0 aliphatic heterocycles. The lowest BCUT2D eigenvalue weighted by molar-refractivity contribution is 0.135. The summed E-state index contributed by atoms with van der Waals surface area (Å²) in [7, 11) is 0. The molecular weight excluding hydrogens is 298 g/mol. The largest absolute Gasteiger partial charge is 0.387 e. The fraction of sp³-hybridized carbons (Fsp3) is 0.250. The van der Waals surface area contributed by atoms with Crippen LogP contribution in [0, 0.1) is 23.3 Å². The molecule has 2 nitrogen and oxygen atoms in total. The van der Waals surface area contributed by atoms with E-state index < -0.39 is 35.4 Å². The topological polar surface area (TPSA) is 32.3 Å². The minimum absolute atomic E-state index is 0.122. The maximum Gasteiger partial charge on any atom is 0.159 e. The SMILES string of the molecule is CC(NCc1cc(F)cc(F)c1)C(O)c1ccc(F)c(F)c1. The summed E-state index contributed by atoms with van der Waals surface area (Å²) in [5.41, 5.74) is 0.589. The van der Waals surface area contributed by atoms with Crippen LogP contribution < -0.4 is 5.32 Å². The van der Waals surface area contributed by atoms with E-state index in [-0.39, 0.29) is 12.1 Å². The number of aliphatic hydroxyl groups excluding tert-OH is 1. The Labute approximate surface area is 125 Å². The summed E-state index contributed by atoms with van der Waals surface area (Å²) in [6.45, 7) is 1.75. The fourth-order valence-electron chi connectivity index (χ4n) is 2.09. The van der Waals surface area contributed by atoms with Crippen molar-refractivity contribution >= 4 is 0 Å². The van der Waals surface area contributed by atoms with Gasteiger partial charge in [-0.1, -0.05) is 6.07 Å². The van der Waals surface area contributed by atoms with Gasteiger partial charge in [-0.05, 0) is 42.3 Å². The van der Waals surface area contributed by atoms with Gasteiger partial charge in [0.2, 0.25) is 0 Å². The van der Waals surface area contributed by atoms with Gasteiger partial charge < -0.3 is 10.4 Å². The molecule has 118 valence electrons. The number of nitrogens with one attached hydrogen (secondary N) is 1. The van der Waals surface area contributed by atoms with Gasteiger partial charge in [0, 0.05) is 18.7 Å². The molecule has 0 amide bonds. The first-order chi connectivity index (χ1) is 10.4. The molecule has 0 bridgehead atoms. The van der Waals surface area contributed by atoms with Crippen LogP contribution in [0.1, 0.15) is 24.2 Å². The Hall–Kier alpha value is -1.92. The average molecular weight is 313 g/mol. The molecule has 2 rings (SSSR count). The minimum atomic E-state index is -1.09. The molecule has 2 unspecified atom stereocenters. The lowest BCUT2D eigenvalue weighted by Gasteiger charge is -2.21. The predicted molar refractivity (Wildman–Crippen MR) is 74.0 cm³/mol. The van der Waals surface area contributed by atoms with Crippen LogP contribution in [0.2, 0.25) is 0 Å². The van der Waals surface area contributed by atoms with Gasteiger partial charge in [-0.15, -0.1) is 0 Å². The maximum absolute atomic E-state index is 13.2. The van der Waals surface area contributed by atoms with Crippen molar-refractivity contribution in [2.45, 2.75) is 25.6 Å². The summed E-state index contributed by atoms with van der Waals surface area (Å²) in [5, 5.41) is 13.0. The van der Waals surface area contributed by atoms with Crippen LogP contribution in [0.4, 0.5) is 17.6 Å². The minimum Gasteiger partial charge on any atom is -0.387 e. The first-order valence-corrected chi connectivity index (χ1v) is 6.68. The van der Waals surface area contributed by atoms with Crippen molar-refractivity contribution in [2.75, 3.05) is 0 Å². The maximum atomic E-state index is 13.2. The third-order valence-electron chi connectivity index (χ3n) is 3.31. The molecule has 0 aliphatic rings. The second-order valence-corrected chi connectivity index (χ2v) is 5.07. The highest BCUT2D eigenvalue weighted by Crippen LogP contribution is 2.19. The molecule has 0 radical (unpaired) electrons. The van der Waals surface area contributed by atoms with Crippen LogP contribution >= 0.6 is 0 Å². The lowest BCUT2D eigenvalue weighted by atomic mass is 10.0. The Bertz CT molecular complexity index is 642. The Morgan fingerprint density at radius 3 is 2.18 bits per heavy atom. The molecule has 0 aliphatic carbocycles. The van der Waals surface area contributed by atoms with Crippen molar-refractivity contribution < 1.29 is 22.7 Å². The Kier molecular flexibility index (Phi) is 5.15. The number of hydrogen-bond acceptors (Lipinski definition) is 2. The molecule has 0 fully saturated rings. The first kappa shape index (κ1) is 16.5. The average Bonchev–Trinajstić information content (AvgIpc) is 2.46. The van der Waals surface area contributed by atoms with Crippen LogP contribution in [0.3, 0.4) is 0 Å². The second kappa shape index (κ2) is 6.89. The highest BCUT2D eigenvalue weighted by molar-refractivity contribution is 5.22. The number of aliphatic hydroxyl groups is 1. The van der Waals surface area contributed by atoms with Crippen LogP contribution in [0.15, 0.2) is 36.4 Å². The predicted octanol–water partition coefficient (Wildman–Crippen LogP) is 3.45. The summed E-state index contributed by atoms with van der Waals surface area (Å²) < 4.78 is 52.1. The molecule has 2 N–H and O–H groups in total. The van der Waals surface area contributed by atoms with Crippen molar-refractivity contribution in [1.29, 1.82) is 0 Å². The van der Waals surface area contributed by atoms with E-state index >= 15 is 0 Å². The number of benzene rings is 2. The number of halogens is 4. The molecule has 2 aromatic rings. The van der Waals surface area contributed by atoms with Crippen molar-refractivity contribution in [1.82, 2.24) is 5.32 Å². The monoisotopic (exact) mass is 313 g/mol. The molecule has 2 atom stereocenters. The summed E-state index contributed by atoms with van der Waals surface area (Å²) in [6.07, 6.45) is -1.09. The zero-order chi connectivity index (χ0) is 16.3. The van der Waals surface area contributed by atoms with Gasteiger partial charge in [-0.3, -0.25) is 0 Å². The summed E-state index contributed by atoms with van der Waals surface area (Å²) in [5.74, 6) is -3.42. The summed E-state index contributed by atoms with van der Waals surface area (Å²) in [4.78, 5) is 0. The van der Waals surface area contributed by atoms with E-state index in [9.17, 15) is 22.7 Å². The zero-order valence-electron chi connectivity index (χ0n) is 11.8. The van der Waals surface area contributed by atoms with Crippen LogP contribution in [0.25, 0.3) is 0 Å². The number of rotatable bonds is 5. The molecule has 0 saturated carbocycles. The van der Waals surface area contributed by atoms with E-state index in [4.69, 9.17) is 0 Å². The Morgan fingerprint density at radius 1 is 0.955 bits per heavy atom. The van der Waals surface area contributed by atoms with Gasteiger partial charge in [-0.2, -0.15) is 0 Å². The van der Waals surface area contributed by atoms with E-state index in [1.807, 2.05) is 0 Å². The zero-order valence-corrected chi connectivity index (χ0v) is 11.8. The third kappa shape index (κ3) is 4.05. The van der Waals surface area contributed by atoms with Gasteiger partial charge >= 0.3 is 0 Å². The number of hydrogen-bond donors (Lipinski definition) is 2. The van der Waals surface area contributed by atoms with E-state index in [0.717, 1.165) is 18.2 Å². The van der Waals surface area contributed by atoms with Gasteiger partial charge in [0.15, 0.2) is 11.6 Å². The highest BCUT2D eigenvalue weighted by Gasteiger charge is 2.17. The molecule has 0 saturated heterocycles. The molecule has 6 heteroatoms. The van der Waals surface area contributed by atoms with E-state index in [0.29, 0.717) is 5.56 Å². The second-order valence-electron chi connectivity index (χ2n) is 5.07. The molecule has 0 aromatic heterocycles. The fourth-order valence-corrected chi connectivity index (χ4v) is 2.09. The lowest BCUT2D eigenvalue weighted by Crippen LogP contribution is -2.31. The van der Waals surface area contributed by atoms with Crippen LogP contribution in [-0.4, -0.2) is 11.1 Å². The van der Waals surface area contributed by atoms with Crippen molar-refractivity contribution in [3.8, 4) is 0 Å². The van der Waals surface area contributed by atoms with Crippen LogP contribution in [0.5, 0.6) is 0 Å². The normalized spacial score (nSPS) is 13.9. The third-order valence-corrected chi connectivity index (χ3v) is 3.31. The van der Waals surface area contributed by atoms with Gasteiger partial charge in [0.1, 0.15) is 11.6 Å². The molecule has 22 heavy (non-hydrogen) atoms. The summed E-state index contributed by atoms with van der Waals surface area (Å²) >= 11 is 0. The van der Waals surface area contributed by atoms with Crippen LogP contribution in [-0.2, 0) is 6.54 Å². The molecule has 0 heterocycles. The van der Waals surface area contributed by atoms with Gasteiger partial charge in [-0.25, -0.2) is 17.6 Å². The van der Waals surface area contributed by atoms with Crippen molar-refractivity contribution in [2.24, 2.45) is 0 Å². The van der Waals surface area contributed by atoms with Crippen molar-refractivity contribution in [3.63, 3.8) is 0 Å². The van der Waals surface area contributed by atoms with Crippen molar-refractivity contribution in [3.05, 3.63) is 70.8 Å². The van der Waals surface area contributed by atoms with E-state index in [1.165, 1.54) is 18.2 Å². The quantitative estimate of drug-likeness (QED) is 0.829. The highest BCUT2D eigenvalue weighted by atomic mass is 19.2. The first-order valence-electron chi connectivity index (χ1n) is 6.68. The standard InChI is InChI=1S/C16H15F4NO/c1-9(16(22)11-2-3-14(19)15(20)6-11)21-8-10-4-12(17)7-13(18)5-10/h2-7,9,16,21-22H,8H2,1H3. The van der Waals surface area contributed by atoms with E-state index in [2.05, 4.69) is 5.32 Å². The Morgan fingerprint density at radius 2 is 1.59 bits per heavy atom.